The highest BCUT2D eigenvalue weighted by molar-refractivity contribution is 7.82. The lowest BCUT2D eigenvalue weighted by atomic mass is 9.84. The van der Waals surface area contributed by atoms with Crippen LogP contribution in [0.15, 0.2) is 0 Å². The molecule has 0 amide bonds. The first-order valence-corrected chi connectivity index (χ1v) is 6.18. The normalized spacial score (nSPS) is 26.6. The Labute approximate surface area is 95.8 Å². The molecule has 1 spiro atoms. The number of hydrogen-bond acceptors (Lipinski definition) is 2. The Morgan fingerprint density at radius 2 is 1.50 bits per heavy atom. The maximum atomic E-state index is 5.37. The van der Waals surface area contributed by atoms with E-state index in [0.29, 0.717) is 0 Å². The van der Waals surface area contributed by atoms with Crippen LogP contribution in [0.2, 0.25) is 0 Å². The molecule has 2 fully saturated rings. The first-order chi connectivity index (χ1) is 6.73. The molecule has 1 saturated heterocycles. The van der Waals surface area contributed by atoms with Gasteiger partial charge in [-0.15, -0.1) is 0 Å². The zero-order chi connectivity index (χ0) is 10.0. The predicted molar refractivity (Wildman–Crippen MR) is 66.5 cm³/mol. The van der Waals surface area contributed by atoms with E-state index in [1.54, 1.807) is 0 Å². The minimum absolute atomic E-state index is 0.00678. The van der Waals surface area contributed by atoms with Crippen molar-refractivity contribution in [3.63, 3.8) is 0 Å². The standard InChI is InChI=1S/C10H16N2S2/c13-8-10(12-9(14)11-8)6-4-2-1-3-5-7-10/h1-7H2,(H2,11,12,13,14). The monoisotopic (exact) mass is 228 g/mol. The van der Waals surface area contributed by atoms with Crippen molar-refractivity contribution in [3.05, 3.63) is 0 Å². The van der Waals surface area contributed by atoms with Gasteiger partial charge in [-0.2, -0.15) is 0 Å². The molecule has 0 aromatic rings. The van der Waals surface area contributed by atoms with Gasteiger partial charge in [0.05, 0.1) is 5.54 Å². The molecule has 2 nitrogen and oxygen atoms in total. The van der Waals surface area contributed by atoms with E-state index in [-0.39, 0.29) is 5.54 Å². The van der Waals surface area contributed by atoms with Gasteiger partial charge in [-0.1, -0.05) is 44.3 Å². The highest BCUT2D eigenvalue weighted by Gasteiger charge is 2.40. The summed E-state index contributed by atoms with van der Waals surface area (Å²) in [7, 11) is 0. The van der Waals surface area contributed by atoms with E-state index in [1.165, 1.54) is 32.1 Å². The Morgan fingerprint density at radius 3 is 2.00 bits per heavy atom. The smallest absolute Gasteiger partial charge is 0.172 e. The van der Waals surface area contributed by atoms with Gasteiger partial charge >= 0.3 is 0 Å². The molecule has 2 rings (SSSR count). The number of thiocarbonyl (C=S) groups is 2. The summed E-state index contributed by atoms with van der Waals surface area (Å²) >= 11 is 10.5. The quantitative estimate of drug-likeness (QED) is 0.621. The SMILES string of the molecule is S=C1NC(=S)C2(CCCCCCC2)N1. The molecular weight excluding hydrogens is 212 g/mol. The van der Waals surface area contributed by atoms with Crippen molar-refractivity contribution in [2.45, 2.75) is 50.5 Å². The highest BCUT2D eigenvalue weighted by Crippen LogP contribution is 2.29. The molecule has 0 radical (unpaired) electrons. The van der Waals surface area contributed by atoms with Crippen LogP contribution < -0.4 is 10.6 Å². The van der Waals surface area contributed by atoms with Crippen molar-refractivity contribution in [3.8, 4) is 0 Å². The van der Waals surface area contributed by atoms with Crippen molar-refractivity contribution < 1.29 is 0 Å². The molecule has 2 aliphatic rings. The summed E-state index contributed by atoms with van der Waals surface area (Å²) in [6.07, 6.45) is 8.84. The summed E-state index contributed by atoms with van der Waals surface area (Å²) in [5.74, 6) is 0. The van der Waals surface area contributed by atoms with E-state index < -0.39 is 0 Å². The van der Waals surface area contributed by atoms with Crippen molar-refractivity contribution in [2.75, 3.05) is 0 Å². The van der Waals surface area contributed by atoms with Crippen LogP contribution in [0.4, 0.5) is 0 Å². The van der Waals surface area contributed by atoms with E-state index in [4.69, 9.17) is 24.4 Å². The van der Waals surface area contributed by atoms with E-state index in [0.717, 1.165) is 22.9 Å². The third-order valence-corrected chi connectivity index (χ3v) is 3.92. The third-order valence-electron chi connectivity index (χ3n) is 3.22. The van der Waals surface area contributed by atoms with E-state index >= 15 is 0 Å². The van der Waals surface area contributed by atoms with Crippen LogP contribution >= 0.6 is 24.4 Å². The maximum Gasteiger partial charge on any atom is 0.172 e. The average molecular weight is 228 g/mol. The summed E-state index contributed by atoms with van der Waals surface area (Å²) in [6.45, 7) is 0. The second-order valence-electron chi connectivity index (χ2n) is 4.26. The fourth-order valence-corrected chi connectivity index (χ4v) is 3.11. The van der Waals surface area contributed by atoms with Gasteiger partial charge in [-0.25, -0.2) is 0 Å². The molecule has 14 heavy (non-hydrogen) atoms. The lowest BCUT2D eigenvalue weighted by Crippen LogP contribution is -2.46. The van der Waals surface area contributed by atoms with Crippen LogP contribution in [-0.4, -0.2) is 15.6 Å². The molecule has 1 saturated carbocycles. The zero-order valence-corrected chi connectivity index (χ0v) is 9.90. The Bertz CT molecular complexity index is 255. The van der Waals surface area contributed by atoms with Crippen molar-refractivity contribution in [1.82, 2.24) is 10.6 Å². The molecule has 0 aromatic carbocycles. The molecule has 4 heteroatoms. The Hall–Kier alpha value is -0.220. The molecule has 1 aliphatic heterocycles. The predicted octanol–water partition coefficient (Wildman–Crippen LogP) is 2.27. The van der Waals surface area contributed by atoms with Gasteiger partial charge in [0.15, 0.2) is 5.11 Å². The maximum absolute atomic E-state index is 5.37. The summed E-state index contributed by atoms with van der Waals surface area (Å²) in [5, 5.41) is 7.16. The third kappa shape index (κ3) is 1.91. The van der Waals surface area contributed by atoms with Crippen molar-refractivity contribution in [1.29, 1.82) is 0 Å². The fourth-order valence-electron chi connectivity index (χ4n) is 2.39. The average Bonchev–Trinajstić information content (AvgIpc) is 2.36. The largest absolute Gasteiger partial charge is 0.351 e. The van der Waals surface area contributed by atoms with E-state index in [2.05, 4.69) is 10.6 Å². The summed E-state index contributed by atoms with van der Waals surface area (Å²) < 4.78 is 0. The first-order valence-electron chi connectivity index (χ1n) is 5.37. The van der Waals surface area contributed by atoms with E-state index in [1.807, 2.05) is 0 Å². The molecule has 78 valence electrons. The van der Waals surface area contributed by atoms with Crippen LogP contribution in [-0.2, 0) is 0 Å². The Kier molecular flexibility index (Phi) is 3.02. The molecule has 1 heterocycles. The van der Waals surface area contributed by atoms with Gasteiger partial charge in [0.25, 0.3) is 0 Å². The lowest BCUT2D eigenvalue weighted by molar-refractivity contribution is 0.381. The highest BCUT2D eigenvalue weighted by atomic mass is 32.1. The van der Waals surface area contributed by atoms with Crippen LogP contribution in [0.25, 0.3) is 0 Å². The minimum atomic E-state index is 0.00678. The van der Waals surface area contributed by atoms with Gasteiger partial charge < -0.3 is 10.6 Å². The molecule has 0 aromatic heterocycles. The van der Waals surface area contributed by atoms with Crippen molar-refractivity contribution >= 4 is 34.5 Å². The zero-order valence-electron chi connectivity index (χ0n) is 8.27. The van der Waals surface area contributed by atoms with Gasteiger partial charge in [0.1, 0.15) is 4.99 Å². The number of hydrogen-bond donors (Lipinski definition) is 2. The second-order valence-corrected chi connectivity index (χ2v) is 5.07. The molecule has 0 atom stereocenters. The van der Waals surface area contributed by atoms with Gasteiger partial charge in [0.2, 0.25) is 0 Å². The summed E-state index contributed by atoms with van der Waals surface area (Å²) in [4.78, 5) is 0.921. The Balaban J connectivity index is 2.11. The van der Waals surface area contributed by atoms with Crippen LogP contribution in [0.3, 0.4) is 0 Å². The first kappa shape index (κ1) is 10.3. The molecular formula is C10H16N2S2. The molecule has 1 aliphatic carbocycles. The van der Waals surface area contributed by atoms with Crippen LogP contribution in [0, 0.1) is 0 Å². The Morgan fingerprint density at radius 1 is 0.929 bits per heavy atom. The van der Waals surface area contributed by atoms with Gasteiger partial charge in [-0.05, 0) is 25.1 Å². The lowest BCUT2D eigenvalue weighted by Gasteiger charge is -2.30. The second kappa shape index (κ2) is 4.11. The summed E-state index contributed by atoms with van der Waals surface area (Å²) in [6, 6.07) is 0. The number of rotatable bonds is 0. The molecule has 2 N–H and O–H groups in total. The fraction of sp³-hybridized carbons (Fsp3) is 0.800. The molecule has 0 bridgehead atoms. The van der Waals surface area contributed by atoms with Crippen LogP contribution in [0.1, 0.15) is 44.9 Å². The van der Waals surface area contributed by atoms with Gasteiger partial charge in [-0.3, -0.25) is 0 Å². The summed E-state index contributed by atoms with van der Waals surface area (Å²) in [5.41, 5.74) is 0.00678. The van der Waals surface area contributed by atoms with Crippen LogP contribution in [0.5, 0.6) is 0 Å². The van der Waals surface area contributed by atoms with Crippen molar-refractivity contribution in [2.24, 2.45) is 0 Å². The van der Waals surface area contributed by atoms with Gasteiger partial charge in [0, 0.05) is 0 Å². The number of nitrogens with one attached hydrogen (secondary N) is 2. The topological polar surface area (TPSA) is 24.1 Å². The molecule has 0 unspecified atom stereocenters. The minimum Gasteiger partial charge on any atom is -0.351 e. The van der Waals surface area contributed by atoms with E-state index in [9.17, 15) is 0 Å².